The smallest absolute Gasteiger partial charge is 0.336 e. The van der Waals surface area contributed by atoms with E-state index in [-0.39, 0.29) is 11.1 Å². The van der Waals surface area contributed by atoms with Crippen molar-refractivity contribution in [3.05, 3.63) is 76.5 Å². The molecule has 0 bridgehead atoms. The lowest BCUT2D eigenvalue weighted by Crippen LogP contribution is -2.11. The third kappa shape index (κ3) is 4.32. The molecule has 0 atom stereocenters. The van der Waals surface area contributed by atoms with E-state index in [1.807, 2.05) is 6.07 Å². The molecule has 2 rings (SSSR count). The fraction of sp³-hybridized carbons (Fsp3) is 0.200. The number of ketones is 1. The zero-order valence-electron chi connectivity index (χ0n) is 13.5. The van der Waals surface area contributed by atoms with Crippen LogP contribution in [-0.4, -0.2) is 22.0 Å². The highest BCUT2D eigenvalue weighted by atomic mass is 16.4. The van der Waals surface area contributed by atoms with Crippen molar-refractivity contribution in [3.63, 3.8) is 0 Å². The highest BCUT2D eigenvalue weighted by Crippen LogP contribution is 2.18. The van der Waals surface area contributed by atoms with Crippen LogP contribution in [0.5, 0.6) is 0 Å². The maximum atomic E-state index is 12.4. The summed E-state index contributed by atoms with van der Waals surface area (Å²) in [6, 6.07) is 13.6. The molecule has 24 heavy (non-hydrogen) atoms. The maximum absolute atomic E-state index is 12.4. The van der Waals surface area contributed by atoms with Gasteiger partial charge in [-0.1, -0.05) is 49.7 Å². The number of carboxylic acids is 1. The summed E-state index contributed by atoms with van der Waals surface area (Å²) in [5.41, 5.74) is 1.45. The Morgan fingerprint density at radius 1 is 1.00 bits per heavy atom. The van der Waals surface area contributed by atoms with Gasteiger partial charge in [-0.3, -0.25) is 4.79 Å². The molecule has 0 saturated heterocycles. The maximum Gasteiger partial charge on any atom is 0.336 e. The molecule has 4 heteroatoms. The number of carbonyl (C=O) groups is 2. The van der Waals surface area contributed by atoms with E-state index < -0.39 is 17.5 Å². The van der Waals surface area contributed by atoms with Crippen LogP contribution in [0.3, 0.4) is 0 Å². The molecule has 0 radical (unpaired) electrons. The van der Waals surface area contributed by atoms with Crippen molar-refractivity contribution >= 4 is 17.8 Å². The van der Waals surface area contributed by atoms with E-state index in [0.29, 0.717) is 5.56 Å². The monoisotopic (exact) mass is 324 g/mol. The van der Waals surface area contributed by atoms with E-state index in [9.17, 15) is 19.8 Å². The largest absolute Gasteiger partial charge is 0.504 e. The van der Waals surface area contributed by atoms with Gasteiger partial charge in [-0.15, -0.1) is 0 Å². The van der Waals surface area contributed by atoms with Gasteiger partial charge in [0.25, 0.3) is 0 Å². The van der Waals surface area contributed by atoms with Crippen LogP contribution in [0.4, 0.5) is 0 Å². The van der Waals surface area contributed by atoms with Gasteiger partial charge >= 0.3 is 5.97 Å². The number of Topliss-reactive ketones (excluding diaryl/α,β-unsaturated/α-hetero) is 1. The second kappa shape index (κ2) is 8.11. The average molecular weight is 324 g/mol. The van der Waals surface area contributed by atoms with E-state index in [1.54, 1.807) is 30.3 Å². The number of carboxylic acid groups (broad SMARTS) is 1. The van der Waals surface area contributed by atoms with Gasteiger partial charge in [0.1, 0.15) is 0 Å². The lowest BCUT2D eigenvalue weighted by Gasteiger charge is -2.08. The van der Waals surface area contributed by atoms with E-state index >= 15 is 0 Å². The van der Waals surface area contributed by atoms with E-state index in [2.05, 4.69) is 6.92 Å². The van der Waals surface area contributed by atoms with Gasteiger partial charge in [0.05, 0.1) is 5.56 Å². The van der Waals surface area contributed by atoms with E-state index in [4.69, 9.17) is 0 Å². The van der Waals surface area contributed by atoms with E-state index in [1.165, 1.54) is 18.2 Å². The SMILES string of the molecule is CCCCc1ccc(C(=O)/C(O)=C/c2ccccc2)c(C(=O)O)c1. The number of benzene rings is 2. The first kappa shape index (κ1) is 17.5. The second-order valence-corrected chi connectivity index (χ2v) is 5.56. The van der Waals surface area contributed by atoms with Gasteiger partial charge in [-0.25, -0.2) is 4.79 Å². The number of carbonyl (C=O) groups excluding carboxylic acids is 1. The van der Waals surface area contributed by atoms with Crippen LogP contribution in [0.2, 0.25) is 0 Å². The van der Waals surface area contributed by atoms with Crippen LogP contribution in [0.1, 0.15) is 51.6 Å². The minimum Gasteiger partial charge on any atom is -0.504 e. The highest BCUT2D eigenvalue weighted by molar-refractivity contribution is 6.14. The molecular formula is C20H20O4. The molecule has 4 nitrogen and oxygen atoms in total. The molecule has 2 N–H and O–H groups in total. The third-order valence-electron chi connectivity index (χ3n) is 3.71. The fourth-order valence-corrected chi connectivity index (χ4v) is 2.41. The van der Waals surface area contributed by atoms with Crippen LogP contribution >= 0.6 is 0 Å². The number of hydrogen-bond donors (Lipinski definition) is 2. The molecule has 0 heterocycles. The predicted octanol–water partition coefficient (Wildman–Crippen LogP) is 4.51. The standard InChI is InChI=1S/C20H20O4/c1-2-3-7-15-10-11-16(17(12-15)20(23)24)19(22)18(21)13-14-8-5-4-6-9-14/h4-6,8-13,21H,2-3,7H2,1H3,(H,23,24)/b18-13-. The van der Waals surface area contributed by atoms with Gasteiger partial charge in [0.2, 0.25) is 5.78 Å². The molecule has 0 aliphatic rings. The van der Waals surface area contributed by atoms with Crippen LogP contribution in [-0.2, 0) is 6.42 Å². The number of hydrogen-bond acceptors (Lipinski definition) is 3. The molecule has 2 aromatic rings. The summed E-state index contributed by atoms with van der Waals surface area (Å²) in [4.78, 5) is 23.9. The third-order valence-corrected chi connectivity index (χ3v) is 3.71. The summed E-state index contributed by atoms with van der Waals surface area (Å²) in [7, 11) is 0. The highest BCUT2D eigenvalue weighted by Gasteiger charge is 2.20. The number of rotatable bonds is 7. The van der Waals surface area contributed by atoms with Crippen molar-refractivity contribution in [2.24, 2.45) is 0 Å². The Bertz CT molecular complexity index is 760. The number of aliphatic hydroxyl groups excluding tert-OH is 1. The van der Waals surface area contributed by atoms with Crippen LogP contribution in [0.15, 0.2) is 54.3 Å². The van der Waals surface area contributed by atoms with Crippen molar-refractivity contribution in [2.45, 2.75) is 26.2 Å². The summed E-state index contributed by atoms with van der Waals surface area (Å²) in [6.07, 6.45) is 4.05. The minimum absolute atomic E-state index is 0.00701. The molecule has 0 unspecified atom stereocenters. The van der Waals surface area contributed by atoms with E-state index in [0.717, 1.165) is 24.8 Å². The Morgan fingerprint density at radius 2 is 1.71 bits per heavy atom. The van der Waals surface area contributed by atoms with Crippen molar-refractivity contribution in [3.8, 4) is 0 Å². The minimum atomic E-state index is -1.18. The topological polar surface area (TPSA) is 74.6 Å². The lowest BCUT2D eigenvalue weighted by atomic mass is 9.97. The Hall–Kier alpha value is -2.88. The predicted molar refractivity (Wildman–Crippen MR) is 93.4 cm³/mol. The molecule has 124 valence electrons. The normalized spacial score (nSPS) is 11.3. The van der Waals surface area contributed by atoms with Crippen LogP contribution in [0, 0.1) is 0 Å². The Morgan fingerprint density at radius 3 is 2.33 bits per heavy atom. The molecule has 0 aromatic heterocycles. The molecule has 0 aliphatic heterocycles. The Labute approximate surface area is 141 Å². The van der Waals surface area contributed by atoms with Crippen LogP contribution < -0.4 is 0 Å². The van der Waals surface area contributed by atoms with Gasteiger partial charge in [-0.05, 0) is 42.2 Å². The first-order chi connectivity index (χ1) is 11.5. The van der Waals surface area contributed by atoms with Crippen molar-refractivity contribution in [1.29, 1.82) is 0 Å². The summed E-state index contributed by atoms with van der Waals surface area (Å²) < 4.78 is 0. The zero-order valence-corrected chi connectivity index (χ0v) is 13.5. The molecule has 0 aliphatic carbocycles. The first-order valence-electron chi connectivity index (χ1n) is 7.89. The molecule has 0 fully saturated rings. The fourth-order valence-electron chi connectivity index (χ4n) is 2.41. The molecule has 0 spiro atoms. The van der Waals surface area contributed by atoms with Gasteiger partial charge in [0.15, 0.2) is 5.76 Å². The Balaban J connectivity index is 2.34. The Kier molecular flexibility index (Phi) is 5.90. The van der Waals surface area contributed by atoms with Gasteiger partial charge in [0, 0.05) is 5.56 Å². The van der Waals surface area contributed by atoms with Crippen molar-refractivity contribution in [2.75, 3.05) is 0 Å². The van der Waals surface area contributed by atoms with Crippen molar-refractivity contribution in [1.82, 2.24) is 0 Å². The number of aliphatic hydroxyl groups is 1. The summed E-state index contributed by atoms with van der Waals surface area (Å²) in [5, 5.41) is 19.4. The zero-order chi connectivity index (χ0) is 17.5. The van der Waals surface area contributed by atoms with Gasteiger partial charge < -0.3 is 10.2 Å². The summed E-state index contributed by atoms with van der Waals surface area (Å²) >= 11 is 0. The lowest BCUT2D eigenvalue weighted by molar-refractivity contribution is 0.0692. The molecule has 0 amide bonds. The molecule has 0 saturated carbocycles. The summed E-state index contributed by atoms with van der Waals surface area (Å²) in [5.74, 6) is -2.35. The number of allylic oxidation sites excluding steroid dienone is 1. The van der Waals surface area contributed by atoms with Crippen molar-refractivity contribution < 1.29 is 19.8 Å². The summed E-state index contributed by atoms with van der Waals surface area (Å²) in [6.45, 7) is 2.06. The van der Waals surface area contributed by atoms with Gasteiger partial charge in [-0.2, -0.15) is 0 Å². The number of aryl methyl sites for hydroxylation is 1. The molecular weight excluding hydrogens is 304 g/mol. The average Bonchev–Trinajstić information content (AvgIpc) is 2.59. The van der Waals surface area contributed by atoms with Crippen LogP contribution in [0.25, 0.3) is 6.08 Å². The quantitative estimate of drug-likeness (QED) is 0.446. The number of aromatic carboxylic acids is 1. The molecule has 2 aromatic carbocycles. The first-order valence-corrected chi connectivity index (χ1v) is 7.89. The second-order valence-electron chi connectivity index (χ2n) is 5.56. The number of unbranched alkanes of at least 4 members (excludes halogenated alkanes) is 1.